The Hall–Kier alpha value is -2.45. The van der Waals surface area contributed by atoms with Gasteiger partial charge in [-0.25, -0.2) is 13.4 Å². The third-order valence-electron chi connectivity index (χ3n) is 2.99. The van der Waals surface area contributed by atoms with Crippen molar-refractivity contribution in [2.24, 2.45) is 0 Å². The Bertz CT molecular complexity index is 944. The standard InChI is InChI=1S/C15H12N2O4S2/c1-23(19,20)11-5-2-4-10(8-11)16-14(18)12-9-22-15(17-12)13-6-3-7-21-13/h2-9H,1H3,(H,16,18). The lowest BCUT2D eigenvalue weighted by Gasteiger charge is -2.05. The predicted molar refractivity (Wildman–Crippen MR) is 87.3 cm³/mol. The average molecular weight is 348 g/mol. The van der Waals surface area contributed by atoms with E-state index in [1.165, 1.54) is 29.7 Å². The van der Waals surface area contributed by atoms with Crippen LogP contribution in [0.2, 0.25) is 0 Å². The van der Waals surface area contributed by atoms with Crippen LogP contribution in [0.15, 0.2) is 57.4 Å². The van der Waals surface area contributed by atoms with Gasteiger partial charge in [-0.1, -0.05) is 6.07 Å². The number of carbonyl (C=O) groups excluding carboxylic acids is 1. The molecule has 0 aliphatic carbocycles. The van der Waals surface area contributed by atoms with E-state index >= 15 is 0 Å². The van der Waals surface area contributed by atoms with Gasteiger partial charge in [-0.2, -0.15) is 0 Å². The molecule has 1 amide bonds. The van der Waals surface area contributed by atoms with Gasteiger partial charge >= 0.3 is 0 Å². The first-order chi connectivity index (χ1) is 10.9. The van der Waals surface area contributed by atoms with E-state index in [9.17, 15) is 13.2 Å². The fourth-order valence-electron chi connectivity index (χ4n) is 1.89. The first-order valence-corrected chi connectivity index (χ1v) is 9.31. The van der Waals surface area contributed by atoms with Gasteiger partial charge in [0.05, 0.1) is 11.2 Å². The molecule has 3 rings (SSSR count). The molecule has 8 heteroatoms. The first-order valence-electron chi connectivity index (χ1n) is 6.54. The first kappa shape index (κ1) is 15.4. The summed E-state index contributed by atoms with van der Waals surface area (Å²) in [6, 6.07) is 9.58. The van der Waals surface area contributed by atoms with Gasteiger partial charge in [0.1, 0.15) is 5.69 Å². The van der Waals surface area contributed by atoms with Crippen LogP contribution in [0.1, 0.15) is 10.5 Å². The SMILES string of the molecule is CS(=O)(=O)c1cccc(NC(=O)c2csc(-c3ccco3)n2)c1. The van der Waals surface area contributed by atoms with Crippen molar-refractivity contribution < 1.29 is 17.6 Å². The van der Waals surface area contributed by atoms with Gasteiger partial charge in [0.15, 0.2) is 20.6 Å². The Morgan fingerprint density at radius 3 is 2.78 bits per heavy atom. The quantitative estimate of drug-likeness (QED) is 0.783. The lowest BCUT2D eigenvalue weighted by Crippen LogP contribution is -2.12. The molecule has 3 aromatic rings. The number of amides is 1. The summed E-state index contributed by atoms with van der Waals surface area (Å²) in [6.07, 6.45) is 2.65. The minimum absolute atomic E-state index is 0.143. The second-order valence-electron chi connectivity index (χ2n) is 4.77. The van der Waals surface area contributed by atoms with Crippen molar-refractivity contribution >= 4 is 32.8 Å². The summed E-state index contributed by atoms with van der Waals surface area (Å²) in [7, 11) is -3.33. The number of furan rings is 1. The van der Waals surface area contributed by atoms with Gasteiger partial charge in [-0.3, -0.25) is 4.79 Å². The molecule has 0 aliphatic rings. The summed E-state index contributed by atoms with van der Waals surface area (Å²) in [5.74, 6) is 0.179. The monoisotopic (exact) mass is 348 g/mol. The number of carbonyl (C=O) groups is 1. The van der Waals surface area contributed by atoms with Crippen LogP contribution in [0, 0.1) is 0 Å². The molecule has 6 nitrogen and oxygen atoms in total. The van der Waals surface area contributed by atoms with Gasteiger partial charge < -0.3 is 9.73 Å². The number of hydrogen-bond acceptors (Lipinski definition) is 6. The molecule has 0 saturated carbocycles. The van der Waals surface area contributed by atoms with Gasteiger partial charge in [0.25, 0.3) is 5.91 Å². The minimum atomic E-state index is -3.33. The molecule has 0 radical (unpaired) electrons. The van der Waals surface area contributed by atoms with Crippen molar-refractivity contribution in [2.45, 2.75) is 4.90 Å². The van der Waals surface area contributed by atoms with E-state index in [0.29, 0.717) is 16.5 Å². The maximum Gasteiger partial charge on any atom is 0.275 e. The topological polar surface area (TPSA) is 89.3 Å². The lowest BCUT2D eigenvalue weighted by atomic mass is 10.3. The Balaban J connectivity index is 1.80. The van der Waals surface area contributed by atoms with Gasteiger partial charge in [0.2, 0.25) is 0 Å². The Kier molecular flexibility index (Phi) is 4.01. The highest BCUT2D eigenvalue weighted by atomic mass is 32.2. The molecule has 2 aromatic heterocycles. The third kappa shape index (κ3) is 3.49. The maximum absolute atomic E-state index is 12.2. The molecule has 0 bridgehead atoms. The highest BCUT2D eigenvalue weighted by Gasteiger charge is 2.14. The molecular weight excluding hydrogens is 336 g/mol. The van der Waals surface area contributed by atoms with Crippen LogP contribution in [0.4, 0.5) is 5.69 Å². The second-order valence-corrected chi connectivity index (χ2v) is 7.64. The molecule has 118 valence electrons. The normalized spacial score (nSPS) is 11.3. The fraction of sp³-hybridized carbons (Fsp3) is 0.0667. The fourth-order valence-corrected chi connectivity index (χ4v) is 3.32. The molecule has 0 saturated heterocycles. The Labute approximate surface area is 136 Å². The number of anilines is 1. The van der Waals surface area contributed by atoms with Crippen LogP contribution in [-0.2, 0) is 9.84 Å². The summed E-state index contributed by atoms with van der Waals surface area (Å²) in [4.78, 5) is 16.6. The van der Waals surface area contributed by atoms with Crippen molar-refractivity contribution in [1.82, 2.24) is 4.98 Å². The number of aromatic nitrogens is 1. The predicted octanol–water partition coefficient (Wildman–Crippen LogP) is 3.06. The van der Waals surface area contributed by atoms with Crippen molar-refractivity contribution in [2.75, 3.05) is 11.6 Å². The van der Waals surface area contributed by atoms with Crippen molar-refractivity contribution in [1.29, 1.82) is 0 Å². The number of nitrogens with one attached hydrogen (secondary N) is 1. The second kappa shape index (κ2) is 5.98. The van der Waals surface area contributed by atoms with Crippen LogP contribution in [0.25, 0.3) is 10.8 Å². The molecule has 0 spiro atoms. The average Bonchev–Trinajstić information content (AvgIpc) is 3.18. The highest BCUT2D eigenvalue weighted by molar-refractivity contribution is 7.90. The van der Waals surface area contributed by atoms with Crippen LogP contribution in [0.3, 0.4) is 0 Å². The van der Waals surface area contributed by atoms with E-state index in [0.717, 1.165) is 6.26 Å². The van der Waals surface area contributed by atoms with Crippen LogP contribution >= 0.6 is 11.3 Å². The van der Waals surface area contributed by atoms with Gasteiger partial charge in [-0.15, -0.1) is 11.3 Å². The molecule has 23 heavy (non-hydrogen) atoms. The van der Waals surface area contributed by atoms with E-state index in [4.69, 9.17) is 4.42 Å². The minimum Gasteiger partial charge on any atom is -0.462 e. The largest absolute Gasteiger partial charge is 0.462 e. The number of thiazole rings is 1. The summed E-state index contributed by atoms with van der Waals surface area (Å²) in [5.41, 5.74) is 0.636. The lowest BCUT2D eigenvalue weighted by molar-refractivity contribution is 0.102. The summed E-state index contributed by atoms with van der Waals surface area (Å²) in [5, 5.41) is 4.86. The third-order valence-corrected chi connectivity index (χ3v) is 4.96. The number of nitrogens with zero attached hydrogens (tertiary/aromatic N) is 1. The van der Waals surface area contributed by atoms with E-state index < -0.39 is 15.7 Å². The molecule has 1 N–H and O–H groups in total. The smallest absolute Gasteiger partial charge is 0.275 e. The van der Waals surface area contributed by atoms with E-state index in [1.807, 2.05) is 0 Å². The van der Waals surface area contributed by atoms with Crippen LogP contribution in [0.5, 0.6) is 0 Å². The molecule has 0 atom stereocenters. The summed E-state index contributed by atoms with van der Waals surface area (Å²) < 4.78 is 28.3. The number of sulfone groups is 1. The van der Waals surface area contributed by atoms with Crippen molar-refractivity contribution in [3.63, 3.8) is 0 Å². The summed E-state index contributed by atoms with van der Waals surface area (Å²) >= 11 is 1.29. The zero-order valence-electron chi connectivity index (χ0n) is 12.0. The van der Waals surface area contributed by atoms with Gasteiger partial charge in [-0.05, 0) is 30.3 Å². The Morgan fingerprint density at radius 1 is 1.26 bits per heavy atom. The molecule has 2 heterocycles. The van der Waals surface area contributed by atoms with Gasteiger partial charge in [0, 0.05) is 17.3 Å². The van der Waals surface area contributed by atoms with Crippen molar-refractivity contribution in [3.05, 3.63) is 53.7 Å². The molecular formula is C15H12N2O4S2. The van der Waals surface area contributed by atoms with E-state index in [-0.39, 0.29) is 10.6 Å². The zero-order valence-corrected chi connectivity index (χ0v) is 13.6. The zero-order chi connectivity index (χ0) is 16.4. The number of benzene rings is 1. The Morgan fingerprint density at radius 2 is 2.09 bits per heavy atom. The van der Waals surface area contributed by atoms with E-state index in [2.05, 4.69) is 10.3 Å². The molecule has 0 unspecified atom stereocenters. The molecule has 0 aliphatic heterocycles. The van der Waals surface area contributed by atoms with Crippen LogP contribution < -0.4 is 5.32 Å². The number of hydrogen-bond donors (Lipinski definition) is 1. The summed E-state index contributed by atoms with van der Waals surface area (Å²) in [6.45, 7) is 0. The van der Waals surface area contributed by atoms with Crippen molar-refractivity contribution in [3.8, 4) is 10.8 Å². The maximum atomic E-state index is 12.2. The highest BCUT2D eigenvalue weighted by Crippen LogP contribution is 2.24. The number of rotatable bonds is 4. The van der Waals surface area contributed by atoms with Crippen LogP contribution in [-0.4, -0.2) is 25.6 Å². The molecule has 1 aromatic carbocycles. The molecule has 0 fully saturated rings. The van der Waals surface area contributed by atoms with E-state index in [1.54, 1.807) is 29.6 Å².